The van der Waals surface area contributed by atoms with Gasteiger partial charge in [-0.3, -0.25) is 9.48 Å². The number of halogens is 2. The van der Waals surface area contributed by atoms with E-state index in [2.05, 4.69) is 20.4 Å². The molecule has 1 saturated heterocycles. The summed E-state index contributed by atoms with van der Waals surface area (Å²) in [5.74, 6) is 0.282. The van der Waals surface area contributed by atoms with Crippen molar-refractivity contribution in [1.82, 2.24) is 34.5 Å². The van der Waals surface area contributed by atoms with E-state index in [1.807, 2.05) is 17.0 Å². The highest BCUT2D eigenvalue weighted by Gasteiger charge is 2.35. The molecule has 1 fully saturated rings. The van der Waals surface area contributed by atoms with Crippen LogP contribution in [0.4, 0.5) is 14.6 Å². The van der Waals surface area contributed by atoms with Gasteiger partial charge < -0.3 is 9.80 Å². The second-order valence-corrected chi connectivity index (χ2v) is 6.20. The van der Waals surface area contributed by atoms with Crippen LogP contribution in [0.1, 0.15) is 22.5 Å². The van der Waals surface area contributed by atoms with E-state index < -0.39 is 18.0 Å². The monoisotopic (exact) mass is 362 g/mol. The number of likely N-dealkylation sites (N-methyl/N-ethyl adjacent to an activating group) is 1. The predicted molar refractivity (Wildman–Crippen MR) is 87.0 cm³/mol. The van der Waals surface area contributed by atoms with Crippen molar-refractivity contribution in [1.29, 1.82) is 0 Å². The van der Waals surface area contributed by atoms with Crippen LogP contribution >= 0.6 is 0 Å². The fourth-order valence-electron chi connectivity index (χ4n) is 2.96. The van der Waals surface area contributed by atoms with Crippen molar-refractivity contribution in [3.63, 3.8) is 0 Å². The number of aromatic nitrogens is 6. The molecule has 9 nitrogen and oxygen atoms in total. The lowest BCUT2D eigenvalue weighted by Gasteiger charge is -2.44. The number of amides is 1. The highest BCUT2D eigenvalue weighted by molar-refractivity contribution is 5.95. The minimum absolute atomic E-state index is 0.0625. The Morgan fingerprint density at radius 3 is 2.81 bits per heavy atom. The molecule has 0 aromatic carbocycles. The normalized spacial score (nSPS) is 14.9. The van der Waals surface area contributed by atoms with E-state index in [0.29, 0.717) is 18.7 Å². The minimum Gasteiger partial charge on any atom is -0.351 e. The van der Waals surface area contributed by atoms with Crippen LogP contribution in [0.2, 0.25) is 0 Å². The summed E-state index contributed by atoms with van der Waals surface area (Å²) in [7, 11) is 3.13. The second-order valence-electron chi connectivity index (χ2n) is 6.20. The minimum atomic E-state index is -2.79. The van der Waals surface area contributed by atoms with Crippen LogP contribution in [-0.4, -0.2) is 66.6 Å². The molecule has 0 atom stereocenters. The number of fused-ring (bicyclic) bond motifs is 1. The lowest BCUT2D eigenvalue weighted by Crippen LogP contribution is -2.60. The second kappa shape index (κ2) is 6.00. The largest absolute Gasteiger partial charge is 0.351 e. The van der Waals surface area contributed by atoms with Crippen molar-refractivity contribution < 1.29 is 13.6 Å². The molecule has 0 aliphatic carbocycles. The molecule has 0 N–H and O–H groups in total. The highest BCUT2D eigenvalue weighted by Crippen LogP contribution is 2.25. The molecule has 0 saturated carbocycles. The SMILES string of the molecule is CN(C(=O)c1cn(C)nc1C(F)F)C1CN(c2ccc3nncn3n2)C1. The van der Waals surface area contributed by atoms with Gasteiger partial charge in [0.25, 0.3) is 12.3 Å². The topological polar surface area (TPSA) is 84.5 Å². The van der Waals surface area contributed by atoms with Gasteiger partial charge in [0, 0.05) is 33.4 Å². The third-order valence-corrected chi connectivity index (χ3v) is 4.50. The summed E-state index contributed by atoms with van der Waals surface area (Å²) in [6.07, 6.45) is 0.0550. The zero-order chi connectivity index (χ0) is 18.4. The molecule has 0 spiro atoms. The van der Waals surface area contributed by atoms with Gasteiger partial charge in [-0.15, -0.1) is 15.3 Å². The Hall–Kier alpha value is -3.11. The summed E-state index contributed by atoms with van der Waals surface area (Å²) in [6, 6.07) is 3.55. The maximum atomic E-state index is 13.1. The van der Waals surface area contributed by atoms with E-state index >= 15 is 0 Å². The first-order chi connectivity index (χ1) is 12.4. The molecule has 26 heavy (non-hydrogen) atoms. The number of aryl methyl sites for hydroxylation is 1. The first kappa shape index (κ1) is 16.4. The van der Waals surface area contributed by atoms with E-state index in [1.54, 1.807) is 11.6 Å². The summed E-state index contributed by atoms with van der Waals surface area (Å²) < 4.78 is 28.9. The molecule has 1 aliphatic heterocycles. The van der Waals surface area contributed by atoms with Gasteiger partial charge in [-0.2, -0.15) is 9.61 Å². The average Bonchev–Trinajstić information content (AvgIpc) is 3.18. The number of anilines is 1. The van der Waals surface area contributed by atoms with E-state index in [9.17, 15) is 13.6 Å². The number of alkyl halides is 2. The fraction of sp³-hybridized carbons (Fsp3) is 0.400. The molecule has 3 aromatic heterocycles. The van der Waals surface area contributed by atoms with Gasteiger partial charge in [-0.25, -0.2) is 8.78 Å². The van der Waals surface area contributed by atoms with Crippen molar-refractivity contribution in [2.24, 2.45) is 7.05 Å². The molecular formula is C15H16F2N8O. The first-order valence-electron chi connectivity index (χ1n) is 7.95. The van der Waals surface area contributed by atoms with E-state index in [1.165, 1.54) is 29.2 Å². The lowest BCUT2D eigenvalue weighted by atomic mass is 10.1. The Morgan fingerprint density at radius 2 is 2.08 bits per heavy atom. The standard InChI is InChI=1S/C15H16F2N8O/c1-22-7-10(13(21-22)14(16)17)15(26)23(2)9-5-24(6-9)12-4-3-11-19-18-8-25(11)20-12/h3-4,7-9,14H,5-6H2,1-2H3. The fourth-order valence-corrected chi connectivity index (χ4v) is 2.96. The maximum Gasteiger partial charge on any atom is 0.282 e. The lowest BCUT2D eigenvalue weighted by molar-refractivity contribution is 0.0693. The van der Waals surface area contributed by atoms with Gasteiger partial charge in [0.15, 0.2) is 5.65 Å². The molecule has 11 heteroatoms. The zero-order valence-corrected chi connectivity index (χ0v) is 14.1. The number of hydrogen-bond donors (Lipinski definition) is 0. The molecule has 136 valence electrons. The Bertz CT molecular complexity index is 962. The van der Waals surface area contributed by atoms with Gasteiger partial charge in [0.1, 0.15) is 17.8 Å². The molecule has 0 radical (unpaired) electrons. The summed E-state index contributed by atoms with van der Waals surface area (Å²) in [4.78, 5) is 16.1. The van der Waals surface area contributed by atoms with Gasteiger partial charge in [-0.1, -0.05) is 0 Å². The summed E-state index contributed by atoms with van der Waals surface area (Å²) >= 11 is 0. The number of hydrogen-bond acceptors (Lipinski definition) is 6. The van der Waals surface area contributed by atoms with Crippen LogP contribution in [0, 0.1) is 0 Å². The molecule has 0 bridgehead atoms. The van der Waals surface area contributed by atoms with Crippen LogP contribution < -0.4 is 4.90 Å². The third kappa shape index (κ3) is 2.65. The molecule has 4 rings (SSSR count). The van der Waals surface area contributed by atoms with Gasteiger partial charge >= 0.3 is 0 Å². The molecular weight excluding hydrogens is 346 g/mol. The Kier molecular flexibility index (Phi) is 3.78. The van der Waals surface area contributed by atoms with E-state index in [-0.39, 0.29) is 11.6 Å². The van der Waals surface area contributed by atoms with Crippen molar-refractivity contribution in [2.75, 3.05) is 25.0 Å². The first-order valence-corrected chi connectivity index (χ1v) is 7.95. The quantitative estimate of drug-likeness (QED) is 0.681. The van der Waals surface area contributed by atoms with Gasteiger partial charge in [0.2, 0.25) is 0 Å². The van der Waals surface area contributed by atoms with E-state index in [4.69, 9.17) is 0 Å². The number of carbonyl (C=O) groups excluding carboxylic acids is 1. The number of rotatable bonds is 4. The smallest absolute Gasteiger partial charge is 0.282 e. The number of carbonyl (C=O) groups is 1. The van der Waals surface area contributed by atoms with Crippen LogP contribution in [0.15, 0.2) is 24.7 Å². The summed E-state index contributed by atoms with van der Waals surface area (Å²) in [5.41, 5.74) is 0.0990. The highest BCUT2D eigenvalue weighted by atomic mass is 19.3. The summed E-state index contributed by atoms with van der Waals surface area (Å²) in [5, 5.41) is 15.8. The van der Waals surface area contributed by atoms with Crippen molar-refractivity contribution in [2.45, 2.75) is 12.5 Å². The Morgan fingerprint density at radius 1 is 1.31 bits per heavy atom. The van der Waals surface area contributed by atoms with Crippen molar-refractivity contribution >= 4 is 17.4 Å². The van der Waals surface area contributed by atoms with Crippen LogP contribution in [0.3, 0.4) is 0 Å². The maximum absolute atomic E-state index is 13.1. The molecule has 4 heterocycles. The van der Waals surface area contributed by atoms with Gasteiger partial charge in [-0.05, 0) is 12.1 Å². The van der Waals surface area contributed by atoms with Crippen LogP contribution in [0.5, 0.6) is 0 Å². The Labute approximate surface area is 146 Å². The molecule has 0 unspecified atom stereocenters. The third-order valence-electron chi connectivity index (χ3n) is 4.50. The zero-order valence-electron chi connectivity index (χ0n) is 14.1. The van der Waals surface area contributed by atoms with E-state index in [0.717, 1.165) is 5.82 Å². The van der Waals surface area contributed by atoms with Gasteiger partial charge in [0.05, 0.1) is 11.6 Å². The predicted octanol–water partition coefficient (Wildman–Crippen LogP) is 0.756. The molecule has 3 aromatic rings. The Balaban J connectivity index is 1.45. The van der Waals surface area contributed by atoms with Crippen molar-refractivity contribution in [3.8, 4) is 0 Å². The van der Waals surface area contributed by atoms with Crippen LogP contribution in [-0.2, 0) is 7.05 Å². The molecule has 1 amide bonds. The number of nitrogens with zero attached hydrogens (tertiary/aromatic N) is 8. The van der Waals surface area contributed by atoms with Crippen molar-refractivity contribution in [3.05, 3.63) is 35.9 Å². The summed E-state index contributed by atoms with van der Waals surface area (Å²) in [6.45, 7) is 1.13. The average molecular weight is 362 g/mol. The molecule has 1 aliphatic rings. The van der Waals surface area contributed by atoms with Crippen LogP contribution in [0.25, 0.3) is 5.65 Å².